The molecule has 0 aliphatic carbocycles. The smallest absolute Gasteiger partial charge is 0.317 e. The number of carboxylic acids is 1. The molecule has 0 amide bonds. The first kappa shape index (κ1) is 19.8. The molecule has 0 aliphatic heterocycles. The maximum Gasteiger partial charge on any atom is 0.317 e. The van der Waals surface area contributed by atoms with E-state index in [0.717, 1.165) is 25.9 Å². The predicted molar refractivity (Wildman–Crippen MR) is 79.3 cm³/mol. The molecule has 0 unspecified atom stereocenters. The van der Waals surface area contributed by atoms with Gasteiger partial charge in [-0.25, -0.2) is 0 Å². The Balaban J connectivity index is 3.79. The number of aliphatic carboxylic acids is 1. The third kappa shape index (κ3) is 11.2. The van der Waals surface area contributed by atoms with Gasteiger partial charge in [-0.3, -0.25) is 9.59 Å². The van der Waals surface area contributed by atoms with E-state index in [2.05, 4.69) is 17.6 Å². The van der Waals surface area contributed by atoms with Crippen LogP contribution in [0.2, 0.25) is 0 Å². The monoisotopic (exact) mass is 304 g/mol. The number of carbonyl (C=O) groups is 2. The number of hydrogen-bond donors (Lipinski definition) is 3. The molecule has 0 heterocycles. The fourth-order valence-corrected chi connectivity index (χ4v) is 1.76. The fourth-order valence-electron chi connectivity index (χ4n) is 1.76. The molecule has 0 saturated carbocycles. The van der Waals surface area contributed by atoms with Gasteiger partial charge in [0.25, 0.3) is 0 Å². The molecule has 7 heteroatoms. The van der Waals surface area contributed by atoms with Gasteiger partial charge in [0.2, 0.25) is 0 Å². The van der Waals surface area contributed by atoms with Gasteiger partial charge in [-0.15, -0.1) is 0 Å². The van der Waals surface area contributed by atoms with E-state index in [9.17, 15) is 9.59 Å². The average molecular weight is 304 g/mol. The second-order valence-electron chi connectivity index (χ2n) is 4.83. The Hall–Kier alpha value is -1.18. The Labute approximate surface area is 126 Å². The van der Waals surface area contributed by atoms with Crippen LogP contribution in [-0.4, -0.2) is 62.5 Å². The number of methoxy groups -OCH3 is 1. The Morgan fingerprint density at radius 1 is 1.05 bits per heavy atom. The van der Waals surface area contributed by atoms with Crippen LogP contribution in [0.15, 0.2) is 0 Å². The largest absolute Gasteiger partial charge is 0.481 e. The molecule has 0 fully saturated rings. The molecule has 0 aromatic heterocycles. The lowest BCUT2D eigenvalue weighted by atomic mass is 10.2. The Morgan fingerprint density at radius 3 is 2.00 bits per heavy atom. The highest BCUT2D eigenvalue weighted by Crippen LogP contribution is 1.95. The molecular weight excluding hydrogens is 276 g/mol. The van der Waals surface area contributed by atoms with Gasteiger partial charge >= 0.3 is 11.9 Å². The summed E-state index contributed by atoms with van der Waals surface area (Å²) in [7, 11) is 1.68. The summed E-state index contributed by atoms with van der Waals surface area (Å²) in [6.45, 7) is 6.49. The summed E-state index contributed by atoms with van der Waals surface area (Å²) < 4.78 is 10.0. The van der Waals surface area contributed by atoms with Crippen LogP contribution in [0.4, 0.5) is 0 Å². The molecule has 0 spiro atoms. The molecule has 21 heavy (non-hydrogen) atoms. The molecule has 0 aliphatic rings. The summed E-state index contributed by atoms with van der Waals surface area (Å²) in [5.41, 5.74) is 0. The topological polar surface area (TPSA) is 96.9 Å². The van der Waals surface area contributed by atoms with Gasteiger partial charge in [0.1, 0.15) is 13.0 Å². The van der Waals surface area contributed by atoms with Gasteiger partial charge in [0.15, 0.2) is 0 Å². The van der Waals surface area contributed by atoms with E-state index >= 15 is 0 Å². The SMILES string of the molecule is CC[C@H](COC)NCCN[C@H](CC)COC(=O)CC(=O)O. The van der Waals surface area contributed by atoms with Crippen LogP contribution >= 0.6 is 0 Å². The van der Waals surface area contributed by atoms with Crippen LogP contribution < -0.4 is 10.6 Å². The van der Waals surface area contributed by atoms with Crippen molar-refractivity contribution >= 4 is 11.9 Å². The van der Waals surface area contributed by atoms with Crippen LogP contribution in [0, 0.1) is 0 Å². The van der Waals surface area contributed by atoms with Crippen LogP contribution in [-0.2, 0) is 19.1 Å². The van der Waals surface area contributed by atoms with Crippen molar-refractivity contribution in [1.82, 2.24) is 10.6 Å². The average Bonchev–Trinajstić information content (AvgIpc) is 2.44. The first-order chi connectivity index (χ1) is 10.0. The highest BCUT2D eigenvalue weighted by molar-refractivity contribution is 5.90. The molecule has 0 aromatic carbocycles. The minimum atomic E-state index is -1.17. The van der Waals surface area contributed by atoms with E-state index in [1.54, 1.807) is 7.11 Å². The number of carboxylic acid groups (broad SMARTS) is 1. The second-order valence-corrected chi connectivity index (χ2v) is 4.83. The maximum atomic E-state index is 11.1. The lowest BCUT2D eigenvalue weighted by molar-refractivity contribution is -0.151. The number of esters is 1. The third-order valence-corrected chi connectivity index (χ3v) is 3.09. The van der Waals surface area contributed by atoms with Crippen LogP contribution in [0.25, 0.3) is 0 Å². The molecule has 3 N–H and O–H groups in total. The molecular formula is C14H28N2O5. The van der Waals surface area contributed by atoms with E-state index in [0.29, 0.717) is 12.6 Å². The van der Waals surface area contributed by atoms with Crippen molar-refractivity contribution in [2.75, 3.05) is 33.4 Å². The van der Waals surface area contributed by atoms with Crippen molar-refractivity contribution < 1.29 is 24.2 Å². The summed E-state index contributed by atoms with van der Waals surface area (Å²) >= 11 is 0. The first-order valence-electron chi connectivity index (χ1n) is 7.36. The predicted octanol–water partition coefficient (Wildman–Crippen LogP) is 0.387. The van der Waals surface area contributed by atoms with Crippen molar-refractivity contribution in [1.29, 1.82) is 0 Å². The van der Waals surface area contributed by atoms with Crippen molar-refractivity contribution in [3.8, 4) is 0 Å². The minimum absolute atomic E-state index is 0.0343. The van der Waals surface area contributed by atoms with Gasteiger partial charge in [0.05, 0.1) is 6.61 Å². The summed E-state index contributed by atoms with van der Waals surface area (Å²) in [5.74, 6) is -1.87. The first-order valence-corrected chi connectivity index (χ1v) is 7.36. The lowest BCUT2D eigenvalue weighted by Crippen LogP contribution is -2.41. The number of nitrogens with one attached hydrogen (secondary N) is 2. The quantitative estimate of drug-likeness (QED) is 0.257. The van der Waals surface area contributed by atoms with Gasteiger partial charge in [-0.2, -0.15) is 0 Å². The maximum absolute atomic E-state index is 11.1. The summed E-state index contributed by atoms with van der Waals surface area (Å²) in [6, 6.07) is 0.373. The zero-order chi connectivity index (χ0) is 16.1. The summed E-state index contributed by atoms with van der Waals surface area (Å²) in [4.78, 5) is 21.5. The van der Waals surface area contributed by atoms with Crippen molar-refractivity contribution in [3.63, 3.8) is 0 Å². The van der Waals surface area contributed by atoms with Crippen molar-refractivity contribution in [2.45, 2.75) is 45.2 Å². The van der Waals surface area contributed by atoms with Gasteiger partial charge in [0, 0.05) is 32.3 Å². The van der Waals surface area contributed by atoms with Crippen LogP contribution in [0.3, 0.4) is 0 Å². The zero-order valence-electron chi connectivity index (χ0n) is 13.2. The number of hydrogen-bond acceptors (Lipinski definition) is 6. The van der Waals surface area contributed by atoms with E-state index in [1.165, 1.54) is 0 Å². The number of rotatable bonds is 13. The molecule has 124 valence electrons. The standard InChI is InChI=1S/C14H28N2O5/c1-4-11(9-20-3)15-6-7-16-12(5-2)10-21-14(19)8-13(17)18/h11-12,15-16H,4-10H2,1-3H3,(H,17,18)/t11-,12-/m1/s1. The van der Waals surface area contributed by atoms with E-state index in [4.69, 9.17) is 14.6 Å². The van der Waals surface area contributed by atoms with Gasteiger partial charge in [-0.1, -0.05) is 13.8 Å². The van der Waals surface area contributed by atoms with Gasteiger partial charge in [-0.05, 0) is 12.8 Å². The zero-order valence-corrected chi connectivity index (χ0v) is 13.2. The highest BCUT2D eigenvalue weighted by Gasteiger charge is 2.12. The molecule has 0 saturated heterocycles. The van der Waals surface area contributed by atoms with Gasteiger partial charge < -0.3 is 25.2 Å². The molecule has 7 nitrogen and oxygen atoms in total. The Morgan fingerprint density at radius 2 is 1.57 bits per heavy atom. The molecule has 2 atom stereocenters. The summed E-state index contributed by atoms with van der Waals surface area (Å²) in [6.07, 6.45) is 1.21. The fraction of sp³-hybridized carbons (Fsp3) is 0.857. The van der Waals surface area contributed by atoms with Crippen LogP contribution in [0.1, 0.15) is 33.1 Å². The van der Waals surface area contributed by atoms with Crippen molar-refractivity contribution in [3.05, 3.63) is 0 Å². The number of carbonyl (C=O) groups excluding carboxylic acids is 1. The Bertz CT molecular complexity index is 299. The van der Waals surface area contributed by atoms with Crippen LogP contribution in [0.5, 0.6) is 0 Å². The molecule has 0 aromatic rings. The van der Waals surface area contributed by atoms with E-state index in [1.807, 2.05) is 6.92 Å². The normalized spacial score (nSPS) is 13.7. The van der Waals surface area contributed by atoms with Crippen molar-refractivity contribution in [2.24, 2.45) is 0 Å². The lowest BCUT2D eigenvalue weighted by Gasteiger charge is -2.19. The van der Waals surface area contributed by atoms with E-state index < -0.39 is 18.4 Å². The highest BCUT2D eigenvalue weighted by atomic mass is 16.5. The minimum Gasteiger partial charge on any atom is -0.481 e. The molecule has 0 bridgehead atoms. The Kier molecular flexibility index (Phi) is 11.8. The second kappa shape index (κ2) is 12.6. The summed E-state index contributed by atoms with van der Waals surface area (Å²) in [5, 5.41) is 15.1. The molecule has 0 radical (unpaired) electrons. The number of ether oxygens (including phenoxy) is 2. The third-order valence-electron chi connectivity index (χ3n) is 3.09. The van der Waals surface area contributed by atoms with E-state index in [-0.39, 0.29) is 12.6 Å². The molecule has 0 rings (SSSR count).